The first-order valence-corrected chi connectivity index (χ1v) is 5.03. The fourth-order valence-electron chi connectivity index (χ4n) is 1.80. The van der Waals surface area contributed by atoms with Crippen molar-refractivity contribution in [1.82, 2.24) is 9.24 Å². The highest BCUT2D eigenvalue weighted by molar-refractivity contribution is 7.13. The molecule has 0 bridgehead atoms. The second-order valence-electron chi connectivity index (χ2n) is 3.34. The minimum atomic E-state index is 0.568. The topological polar surface area (TPSA) is 8.17 Å². The molecule has 66 valence electrons. The highest BCUT2D eigenvalue weighted by atomic mass is 31.0. The second-order valence-corrected chi connectivity index (χ2v) is 4.01. The van der Waals surface area contributed by atoms with E-state index in [1.165, 1.54) is 25.8 Å². The molecule has 1 aliphatic rings. The third kappa shape index (κ3) is 1.55. The van der Waals surface area contributed by atoms with E-state index in [1.54, 1.807) is 0 Å². The Morgan fingerprint density at radius 3 is 2.58 bits per heavy atom. The van der Waals surface area contributed by atoms with Crippen LogP contribution in [0.2, 0.25) is 0 Å². The van der Waals surface area contributed by atoms with Crippen molar-refractivity contribution in [3.05, 3.63) is 24.5 Å². The van der Waals surface area contributed by atoms with Crippen LogP contribution in [0.4, 0.5) is 0 Å². The Morgan fingerprint density at radius 2 is 1.92 bits per heavy atom. The molecule has 2 unspecified atom stereocenters. The van der Waals surface area contributed by atoms with E-state index >= 15 is 0 Å². The minimum absolute atomic E-state index is 0.568. The maximum atomic E-state index is 2.82. The lowest BCUT2D eigenvalue weighted by atomic mass is 10.1. The van der Waals surface area contributed by atoms with Gasteiger partial charge in [-0.05, 0) is 31.4 Å². The zero-order valence-corrected chi connectivity index (χ0v) is 8.34. The maximum absolute atomic E-state index is 2.82. The van der Waals surface area contributed by atoms with Crippen molar-refractivity contribution in [1.29, 1.82) is 0 Å². The van der Waals surface area contributed by atoms with Crippen molar-refractivity contribution in [2.45, 2.75) is 25.4 Å². The van der Waals surface area contributed by atoms with Crippen LogP contribution in [0, 0.1) is 0 Å². The molecule has 2 heterocycles. The molecule has 0 amide bonds. The molecule has 12 heavy (non-hydrogen) atoms. The Labute approximate surface area is 75.8 Å². The highest BCUT2D eigenvalue weighted by Crippen LogP contribution is 2.28. The number of nitrogens with zero attached hydrogens (tertiary/aromatic N) is 2. The summed E-state index contributed by atoms with van der Waals surface area (Å²) in [5.41, 5.74) is 0. The van der Waals surface area contributed by atoms with Gasteiger partial charge in [0.1, 0.15) is 0 Å². The largest absolute Gasteiger partial charge is 0.338 e. The molecule has 1 aromatic rings. The number of rotatable bonds is 1. The van der Waals surface area contributed by atoms with Gasteiger partial charge in [0.05, 0.1) is 6.17 Å². The molecule has 0 aliphatic carbocycles. The van der Waals surface area contributed by atoms with E-state index in [1.807, 2.05) is 0 Å². The lowest BCUT2D eigenvalue weighted by Gasteiger charge is -2.33. The first-order valence-electron chi connectivity index (χ1n) is 4.52. The predicted octanol–water partition coefficient (Wildman–Crippen LogP) is 2.26. The summed E-state index contributed by atoms with van der Waals surface area (Å²) in [6.45, 7) is 1.20. The molecule has 0 spiro atoms. The summed E-state index contributed by atoms with van der Waals surface area (Å²) in [6, 6.07) is 4.18. The summed E-state index contributed by atoms with van der Waals surface area (Å²) in [4.78, 5) is 0. The van der Waals surface area contributed by atoms with E-state index in [9.17, 15) is 0 Å². The predicted molar refractivity (Wildman–Crippen MR) is 53.7 cm³/mol. The summed E-state index contributed by atoms with van der Waals surface area (Å²) in [7, 11) is 2.82. The van der Waals surface area contributed by atoms with E-state index < -0.39 is 0 Å². The Kier molecular flexibility index (Phi) is 2.48. The summed E-state index contributed by atoms with van der Waals surface area (Å²) < 4.78 is 4.63. The van der Waals surface area contributed by atoms with Crippen LogP contribution >= 0.6 is 9.39 Å². The van der Waals surface area contributed by atoms with Gasteiger partial charge in [-0.2, -0.15) is 0 Å². The third-order valence-electron chi connectivity index (χ3n) is 2.48. The lowest BCUT2D eigenvalue weighted by molar-refractivity contribution is 0.204. The summed E-state index contributed by atoms with van der Waals surface area (Å²) in [6.07, 6.45) is 8.83. The Bertz CT molecular complexity index is 233. The van der Waals surface area contributed by atoms with Crippen LogP contribution in [0.25, 0.3) is 0 Å². The van der Waals surface area contributed by atoms with E-state index in [2.05, 4.69) is 43.2 Å². The Balaban J connectivity index is 2.11. The van der Waals surface area contributed by atoms with Gasteiger partial charge in [-0.3, -0.25) is 4.67 Å². The zero-order chi connectivity index (χ0) is 8.39. The van der Waals surface area contributed by atoms with Gasteiger partial charge in [0, 0.05) is 18.9 Å². The number of aromatic nitrogens is 1. The van der Waals surface area contributed by atoms with Crippen molar-refractivity contribution in [2.75, 3.05) is 6.54 Å². The molecule has 2 atom stereocenters. The minimum Gasteiger partial charge on any atom is -0.338 e. The van der Waals surface area contributed by atoms with Crippen LogP contribution in [0.1, 0.15) is 25.4 Å². The van der Waals surface area contributed by atoms with Crippen molar-refractivity contribution in [3.63, 3.8) is 0 Å². The van der Waals surface area contributed by atoms with Crippen LogP contribution in [0.15, 0.2) is 24.5 Å². The standard InChI is InChI=1S/C9H15N2P/c12-11-8-2-1-5-9(11)10-6-3-4-7-10/h3-4,6-7,9H,1-2,5,8,12H2. The van der Waals surface area contributed by atoms with E-state index in [4.69, 9.17) is 0 Å². The SMILES string of the molecule is PN1CCCCC1n1cccc1. The van der Waals surface area contributed by atoms with Crippen molar-refractivity contribution in [3.8, 4) is 0 Å². The van der Waals surface area contributed by atoms with Gasteiger partial charge in [0.2, 0.25) is 0 Å². The Hall–Kier alpha value is -0.330. The monoisotopic (exact) mass is 182 g/mol. The van der Waals surface area contributed by atoms with Crippen LogP contribution in [-0.2, 0) is 0 Å². The molecule has 2 rings (SSSR count). The first-order chi connectivity index (χ1) is 5.88. The molecular weight excluding hydrogens is 167 g/mol. The molecule has 1 fully saturated rings. The molecule has 2 nitrogen and oxygen atoms in total. The average Bonchev–Trinajstić information content (AvgIpc) is 2.57. The first kappa shape index (κ1) is 8.28. The molecule has 1 aromatic heterocycles. The molecule has 1 aliphatic heterocycles. The summed E-state index contributed by atoms with van der Waals surface area (Å²) in [5.74, 6) is 0. The van der Waals surface area contributed by atoms with E-state index in [0.717, 1.165) is 0 Å². The van der Waals surface area contributed by atoms with Crippen LogP contribution in [0.3, 0.4) is 0 Å². The fourth-order valence-corrected chi connectivity index (χ4v) is 2.29. The van der Waals surface area contributed by atoms with Crippen LogP contribution in [-0.4, -0.2) is 15.8 Å². The molecule has 0 aromatic carbocycles. The lowest BCUT2D eigenvalue weighted by Crippen LogP contribution is -2.28. The number of hydrogen-bond donors (Lipinski definition) is 0. The molecule has 0 radical (unpaired) electrons. The Morgan fingerprint density at radius 1 is 1.17 bits per heavy atom. The highest BCUT2D eigenvalue weighted by Gasteiger charge is 2.19. The van der Waals surface area contributed by atoms with Gasteiger partial charge >= 0.3 is 0 Å². The maximum Gasteiger partial charge on any atom is 0.0887 e. The number of hydrogen-bond acceptors (Lipinski definition) is 1. The molecule has 0 N–H and O–H groups in total. The fraction of sp³-hybridized carbons (Fsp3) is 0.556. The van der Waals surface area contributed by atoms with Crippen molar-refractivity contribution >= 4 is 9.39 Å². The van der Waals surface area contributed by atoms with Crippen LogP contribution < -0.4 is 0 Å². The van der Waals surface area contributed by atoms with E-state index in [0.29, 0.717) is 6.17 Å². The molecule has 1 saturated heterocycles. The molecule has 3 heteroatoms. The normalized spacial score (nSPS) is 25.9. The van der Waals surface area contributed by atoms with Gasteiger partial charge < -0.3 is 4.57 Å². The summed E-state index contributed by atoms with van der Waals surface area (Å²) >= 11 is 0. The van der Waals surface area contributed by atoms with Gasteiger partial charge in [-0.25, -0.2) is 0 Å². The van der Waals surface area contributed by atoms with Gasteiger partial charge in [-0.15, -0.1) is 0 Å². The third-order valence-corrected chi connectivity index (χ3v) is 3.09. The van der Waals surface area contributed by atoms with Gasteiger partial charge in [-0.1, -0.05) is 9.39 Å². The smallest absolute Gasteiger partial charge is 0.0887 e. The van der Waals surface area contributed by atoms with Crippen molar-refractivity contribution < 1.29 is 0 Å². The van der Waals surface area contributed by atoms with Gasteiger partial charge in [0.15, 0.2) is 0 Å². The zero-order valence-electron chi connectivity index (χ0n) is 7.19. The van der Waals surface area contributed by atoms with Crippen LogP contribution in [0.5, 0.6) is 0 Å². The van der Waals surface area contributed by atoms with Gasteiger partial charge in [0.25, 0.3) is 0 Å². The molecular formula is C9H15N2P. The molecule has 0 saturated carbocycles. The number of piperidine rings is 1. The quantitative estimate of drug-likeness (QED) is 0.605. The summed E-state index contributed by atoms with van der Waals surface area (Å²) in [5, 5.41) is 0. The van der Waals surface area contributed by atoms with Crippen molar-refractivity contribution in [2.24, 2.45) is 0 Å². The average molecular weight is 182 g/mol. The van der Waals surface area contributed by atoms with E-state index in [-0.39, 0.29) is 0 Å². The second kappa shape index (κ2) is 3.59.